The molecule has 7 nitrogen and oxygen atoms in total. The summed E-state index contributed by atoms with van der Waals surface area (Å²) in [5.74, 6) is 5.49. The van der Waals surface area contributed by atoms with Gasteiger partial charge in [0.25, 0.3) is 0 Å². The Bertz CT molecular complexity index is 1200. The van der Waals surface area contributed by atoms with Crippen molar-refractivity contribution in [1.29, 1.82) is 0 Å². The van der Waals surface area contributed by atoms with Crippen LogP contribution in [0, 0.1) is 11.7 Å². The minimum atomic E-state index is -0.335. The monoisotopic (exact) mass is 459 g/mol. The molecule has 1 saturated carbocycles. The van der Waals surface area contributed by atoms with Gasteiger partial charge in [-0.3, -0.25) is 15.4 Å². The van der Waals surface area contributed by atoms with Crippen LogP contribution in [0.1, 0.15) is 30.9 Å². The zero-order valence-electron chi connectivity index (χ0n) is 18.5. The maximum absolute atomic E-state index is 13.2. The van der Waals surface area contributed by atoms with E-state index in [-0.39, 0.29) is 42.1 Å². The number of carbonyl (C=O) groups is 2. The number of rotatable bonds is 7. The molecular weight excluding hydrogens is 433 g/mol. The molecule has 1 aliphatic carbocycles. The molecule has 0 radical (unpaired) electrons. The van der Waals surface area contributed by atoms with E-state index in [2.05, 4.69) is 16.1 Å². The average Bonchev–Trinajstić information content (AvgIpc) is 3.65. The molecule has 2 aliphatic rings. The first-order chi connectivity index (χ1) is 16.5. The van der Waals surface area contributed by atoms with E-state index in [4.69, 9.17) is 5.84 Å². The number of nitrogens with one attached hydrogen (secondary N) is 3. The third kappa shape index (κ3) is 4.45. The molecule has 1 heterocycles. The largest absolute Gasteiger partial charge is 0.354 e. The fourth-order valence-corrected chi connectivity index (χ4v) is 4.44. The number of nitrogens with two attached hydrogens (primary N) is 1. The van der Waals surface area contributed by atoms with Gasteiger partial charge in [0, 0.05) is 23.7 Å². The van der Waals surface area contributed by atoms with E-state index >= 15 is 0 Å². The van der Waals surface area contributed by atoms with Gasteiger partial charge in [0.15, 0.2) is 0 Å². The number of hydrazine groups is 1. The molecule has 174 valence electrons. The van der Waals surface area contributed by atoms with Gasteiger partial charge in [0.1, 0.15) is 5.82 Å². The molecule has 5 N–H and O–H groups in total. The van der Waals surface area contributed by atoms with Crippen LogP contribution in [-0.4, -0.2) is 17.9 Å². The van der Waals surface area contributed by atoms with Crippen molar-refractivity contribution in [2.45, 2.75) is 31.3 Å². The van der Waals surface area contributed by atoms with Crippen molar-refractivity contribution in [2.24, 2.45) is 11.8 Å². The summed E-state index contributed by atoms with van der Waals surface area (Å²) in [4.78, 5) is 27.5. The number of hydrogen-bond donors (Lipinski definition) is 4. The molecule has 3 aromatic rings. The van der Waals surface area contributed by atoms with E-state index in [1.54, 1.807) is 23.1 Å². The van der Waals surface area contributed by atoms with Crippen molar-refractivity contribution in [1.82, 2.24) is 5.32 Å². The Balaban J connectivity index is 1.46. The number of benzene rings is 3. The third-order valence-corrected chi connectivity index (χ3v) is 6.30. The summed E-state index contributed by atoms with van der Waals surface area (Å²) in [5, 5.41) is 6.32. The van der Waals surface area contributed by atoms with Gasteiger partial charge in [0.2, 0.25) is 11.8 Å². The fourth-order valence-electron chi connectivity index (χ4n) is 4.44. The number of hydrogen-bond acceptors (Lipinski definition) is 5. The van der Waals surface area contributed by atoms with Crippen LogP contribution in [0.15, 0.2) is 72.8 Å². The second-order valence-electron chi connectivity index (χ2n) is 8.72. The first kappa shape index (κ1) is 21.9. The van der Waals surface area contributed by atoms with Gasteiger partial charge in [-0.05, 0) is 60.9 Å². The summed E-state index contributed by atoms with van der Waals surface area (Å²) in [6.45, 7) is 0. The van der Waals surface area contributed by atoms with Crippen molar-refractivity contribution < 1.29 is 14.0 Å². The minimum absolute atomic E-state index is 0.0174. The highest BCUT2D eigenvalue weighted by Gasteiger charge is 2.44. The number of amides is 2. The minimum Gasteiger partial charge on any atom is -0.354 e. The molecule has 5 rings (SSSR count). The summed E-state index contributed by atoms with van der Waals surface area (Å²) >= 11 is 0. The van der Waals surface area contributed by atoms with Crippen LogP contribution < -0.4 is 26.8 Å². The predicted octanol–water partition coefficient (Wildman–Crippen LogP) is 4.23. The fraction of sp³-hybridized carbons (Fsp3) is 0.231. The predicted molar refractivity (Wildman–Crippen MR) is 130 cm³/mol. The molecule has 1 aliphatic heterocycles. The summed E-state index contributed by atoms with van der Waals surface area (Å²) < 4.78 is 13.2. The van der Waals surface area contributed by atoms with Gasteiger partial charge in [-0.1, -0.05) is 30.3 Å². The highest BCUT2D eigenvalue weighted by atomic mass is 19.1. The van der Waals surface area contributed by atoms with Gasteiger partial charge in [-0.25, -0.2) is 4.39 Å². The Morgan fingerprint density at radius 1 is 0.971 bits per heavy atom. The quantitative estimate of drug-likeness (QED) is 0.313. The zero-order chi connectivity index (χ0) is 23.7. The lowest BCUT2D eigenvalue weighted by Gasteiger charge is -2.30. The Hall–Kier alpha value is -3.91. The highest BCUT2D eigenvalue weighted by Crippen LogP contribution is 2.40. The molecular formula is C26H26FN5O2. The second kappa shape index (κ2) is 9.15. The molecule has 0 bridgehead atoms. The Kier molecular flexibility index (Phi) is 5.90. The SMILES string of the molecule is NNc1cc(N2C(=O)C[C@H](NC(=O)C3CC3)[C@H]2c2ccccc2)ccc1Nc1ccc(F)cc1. The van der Waals surface area contributed by atoms with Crippen LogP contribution in [0.3, 0.4) is 0 Å². The number of carbonyl (C=O) groups excluding carboxylic acids is 2. The van der Waals surface area contributed by atoms with Crippen molar-refractivity contribution in [2.75, 3.05) is 15.6 Å². The molecule has 2 atom stereocenters. The van der Waals surface area contributed by atoms with Crippen molar-refractivity contribution >= 4 is 34.6 Å². The van der Waals surface area contributed by atoms with Crippen molar-refractivity contribution in [3.8, 4) is 0 Å². The normalized spacial score (nSPS) is 19.7. The molecule has 3 aromatic carbocycles. The molecule has 1 saturated heterocycles. The van der Waals surface area contributed by atoms with Crippen LogP contribution in [0.25, 0.3) is 0 Å². The molecule has 0 spiro atoms. The van der Waals surface area contributed by atoms with Crippen LogP contribution in [0.5, 0.6) is 0 Å². The van der Waals surface area contributed by atoms with E-state index < -0.39 is 0 Å². The first-order valence-electron chi connectivity index (χ1n) is 11.3. The third-order valence-electron chi connectivity index (χ3n) is 6.30. The summed E-state index contributed by atoms with van der Waals surface area (Å²) in [6, 6.07) is 20.5. The highest BCUT2D eigenvalue weighted by molar-refractivity contribution is 5.99. The van der Waals surface area contributed by atoms with Crippen LogP contribution in [0.2, 0.25) is 0 Å². The van der Waals surface area contributed by atoms with Crippen molar-refractivity contribution in [3.63, 3.8) is 0 Å². The summed E-state index contributed by atoms with van der Waals surface area (Å²) in [7, 11) is 0. The maximum Gasteiger partial charge on any atom is 0.229 e. The van der Waals surface area contributed by atoms with Gasteiger partial charge in [0.05, 0.1) is 23.5 Å². The second-order valence-corrected chi connectivity index (χ2v) is 8.72. The van der Waals surface area contributed by atoms with E-state index in [0.29, 0.717) is 22.7 Å². The molecule has 2 fully saturated rings. The summed E-state index contributed by atoms with van der Waals surface area (Å²) in [5.41, 5.74) is 6.26. The standard InChI is InChI=1S/C26H26FN5O2/c27-18-8-10-19(11-9-18)29-21-13-12-20(14-22(21)31-28)32-24(33)15-23(30-26(34)17-6-7-17)25(32)16-4-2-1-3-5-16/h1-5,8-14,17,23,25,29,31H,6-7,15,28H2,(H,30,34)/t23-,25+/m0/s1. The lowest BCUT2D eigenvalue weighted by molar-refractivity contribution is -0.123. The van der Waals surface area contributed by atoms with Crippen LogP contribution >= 0.6 is 0 Å². The smallest absolute Gasteiger partial charge is 0.229 e. The number of nitrogen functional groups attached to an aromatic ring is 1. The van der Waals surface area contributed by atoms with E-state index in [9.17, 15) is 14.0 Å². The molecule has 8 heteroatoms. The maximum atomic E-state index is 13.2. The lowest BCUT2D eigenvalue weighted by Crippen LogP contribution is -2.40. The molecule has 0 aromatic heterocycles. The van der Waals surface area contributed by atoms with Gasteiger partial charge in [-0.15, -0.1) is 0 Å². The van der Waals surface area contributed by atoms with Gasteiger partial charge >= 0.3 is 0 Å². The van der Waals surface area contributed by atoms with Gasteiger partial charge < -0.3 is 21.0 Å². The number of halogens is 1. The first-order valence-corrected chi connectivity index (χ1v) is 11.3. The van der Waals surface area contributed by atoms with E-state index in [1.165, 1.54) is 12.1 Å². The Morgan fingerprint density at radius 2 is 1.71 bits per heavy atom. The molecule has 34 heavy (non-hydrogen) atoms. The lowest BCUT2D eigenvalue weighted by atomic mass is 9.99. The number of anilines is 4. The molecule has 0 unspecified atom stereocenters. The average molecular weight is 460 g/mol. The van der Waals surface area contributed by atoms with Crippen LogP contribution in [-0.2, 0) is 9.59 Å². The molecule has 2 amide bonds. The Labute approximate surface area is 197 Å². The Morgan fingerprint density at radius 3 is 2.38 bits per heavy atom. The number of nitrogens with zero attached hydrogens (tertiary/aromatic N) is 1. The van der Waals surface area contributed by atoms with E-state index in [1.807, 2.05) is 42.5 Å². The van der Waals surface area contributed by atoms with Crippen molar-refractivity contribution in [3.05, 3.63) is 84.2 Å². The summed E-state index contributed by atoms with van der Waals surface area (Å²) in [6.07, 6.45) is 2.03. The van der Waals surface area contributed by atoms with E-state index in [0.717, 1.165) is 18.4 Å². The zero-order valence-corrected chi connectivity index (χ0v) is 18.5. The van der Waals surface area contributed by atoms with Gasteiger partial charge in [-0.2, -0.15) is 0 Å². The topological polar surface area (TPSA) is 99.5 Å². The van der Waals surface area contributed by atoms with Crippen LogP contribution in [0.4, 0.5) is 27.1 Å².